The van der Waals surface area contributed by atoms with E-state index in [2.05, 4.69) is 113 Å². The molecular formula is C36H45N2O2+. The number of fused-ring (bicyclic) bond motifs is 2. The van der Waals surface area contributed by atoms with Gasteiger partial charge in [-0.1, -0.05) is 77.9 Å². The Morgan fingerprint density at radius 2 is 1.48 bits per heavy atom. The maximum Gasteiger partial charge on any atom is 0.209 e. The van der Waals surface area contributed by atoms with Gasteiger partial charge in [0.1, 0.15) is 12.3 Å². The number of hydrogen-bond donors (Lipinski definition) is 1. The van der Waals surface area contributed by atoms with Crippen molar-refractivity contribution >= 4 is 22.9 Å². The molecule has 2 heterocycles. The fourth-order valence-electron chi connectivity index (χ4n) is 6.44. The van der Waals surface area contributed by atoms with Crippen molar-refractivity contribution in [3.8, 4) is 0 Å². The molecule has 2 aliphatic heterocycles. The summed E-state index contributed by atoms with van der Waals surface area (Å²) in [6.45, 7) is 19.6. The second kappa shape index (κ2) is 10.2. The van der Waals surface area contributed by atoms with Crippen LogP contribution in [0, 0.1) is 11.8 Å². The number of Topliss-reactive ketones (excluding diaryl/α,β-unsaturated/α-hetero) is 1. The normalized spacial score (nSPS) is 21.2. The van der Waals surface area contributed by atoms with Crippen LogP contribution < -0.4 is 4.90 Å². The van der Waals surface area contributed by atoms with E-state index >= 15 is 0 Å². The molecule has 0 saturated heterocycles. The second-order valence-corrected chi connectivity index (χ2v) is 13.5. The zero-order valence-corrected chi connectivity index (χ0v) is 25.5. The lowest BCUT2D eigenvalue weighted by Gasteiger charge is -2.29. The zero-order valence-electron chi connectivity index (χ0n) is 25.5. The molecule has 2 aromatic carbocycles. The molecule has 3 aliphatic rings. The lowest BCUT2D eigenvalue weighted by molar-refractivity contribution is -0.439. The Morgan fingerprint density at radius 1 is 0.850 bits per heavy atom. The van der Waals surface area contributed by atoms with Crippen molar-refractivity contribution < 1.29 is 14.5 Å². The highest BCUT2D eigenvalue weighted by Gasteiger charge is 2.47. The predicted octanol–water partition coefficient (Wildman–Crippen LogP) is 8.16. The summed E-state index contributed by atoms with van der Waals surface area (Å²) in [6, 6.07) is 17.0. The van der Waals surface area contributed by atoms with E-state index in [4.69, 9.17) is 0 Å². The van der Waals surface area contributed by atoms with E-state index in [1.807, 2.05) is 12.2 Å². The zero-order chi connectivity index (χ0) is 29.0. The van der Waals surface area contributed by atoms with E-state index in [0.29, 0.717) is 23.0 Å². The summed E-state index contributed by atoms with van der Waals surface area (Å²) < 4.78 is 2.35. The van der Waals surface area contributed by atoms with Gasteiger partial charge in [0.25, 0.3) is 0 Å². The number of aliphatic hydroxyl groups is 1. The molecule has 40 heavy (non-hydrogen) atoms. The summed E-state index contributed by atoms with van der Waals surface area (Å²) in [5.41, 5.74) is 7.36. The van der Waals surface area contributed by atoms with E-state index < -0.39 is 0 Å². The number of nitrogens with zero attached hydrogens (tertiary/aromatic N) is 2. The van der Waals surface area contributed by atoms with Gasteiger partial charge < -0.3 is 10.0 Å². The maximum absolute atomic E-state index is 13.7. The smallest absolute Gasteiger partial charge is 0.209 e. The van der Waals surface area contributed by atoms with Crippen LogP contribution in [-0.2, 0) is 15.6 Å². The maximum atomic E-state index is 13.7. The van der Waals surface area contributed by atoms with Gasteiger partial charge >= 0.3 is 0 Å². The molecule has 0 atom stereocenters. The number of para-hydroxylation sites is 2. The number of carbonyl (C=O) groups excluding carboxylic acids is 1. The van der Waals surface area contributed by atoms with Crippen molar-refractivity contribution in [2.45, 2.75) is 79.1 Å². The predicted molar refractivity (Wildman–Crippen MR) is 166 cm³/mol. The first-order valence-electron chi connectivity index (χ1n) is 14.9. The van der Waals surface area contributed by atoms with Crippen LogP contribution in [0.15, 0.2) is 83.3 Å². The van der Waals surface area contributed by atoms with Crippen molar-refractivity contribution in [2.24, 2.45) is 11.8 Å². The Kier molecular flexibility index (Phi) is 7.18. The van der Waals surface area contributed by atoms with Crippen molar-refractivity contribution in [1.29, 1.82) is 0 Å². The summed E-state index contributed by atoms with van der Waals surface area (Å²) in [7, 11) is 0. The van der Waals surface area contributed by atoms with Crippen LogP contribution in [-0.4, -0.2) is 34.3 Å². The first-order valence-corrected chi connectivity index (χ1v) is 14.9. The molecule has 210 valence electrons. The van der Waals surface area contributed by atoms with E-state index in [1.54, 1.807) is 0 Å². The summed E-state index contributed by atoms with van der Waals surface area (Å²) in [5, 5.41) is 11.3. The standard InChI is InChI=1S/C36H44N2O2/c1-23(2)17-19-37-29-15-11-9-13-27(29)35(5,6)31(37)21-25-33(39)26(34(25)40)22-32-36(7,8)28-14-10-12-16-30(28)38(32)20-18-24(3)4/h9-16,21-24H,17-20H2,1-8H3/p+1. The Hall–Kier alpha value is -3.40. The first kappa shape index (κ1) is 28.1. The van der Waals surface area contributed by atoms with Gasteiger partial charge in [0.15, 0.2) is 5.71 Å². The topological polar surface area (TPSA) is 43.5 Å². The molecule has 0 fully saturated rings. The van der Waals surface area contributed by atoms with Gasteiger partial charge in [-0.2, -0.15) is 4.58 Å². The highest BCUT2D eigenvalue weighted by molar-refractivity contribution is 6.24. The Bertz CT molecular complexity index is 1480. The first-order chi connectivity index (χ1) is 18.9. The third-order valence-electron chi connectivity index (χ3n) is 9.02. The van der Waals surface area contributed by atoms with Crippen LogP contribution in [0.4, 0.5) is 11.4 Å². The minimum Gasteiger partial charge on any atom is -0.506 e. The minimum absolute atomic E-state index is 0.0800. The third-order valence-corrected chi connectivity index (χ3v) is 9.02. The molecule has 0 aromatic heterocycles. The molecule has 0 spiro atoms. The third kappa shape index (κ3) is 4.56. The van der Waals surface area contributed by atoms with E-state index in [1.165, 1.54) is 22.5 Å². The molecule has 0 unspecified atom stereocenters. The molecule has 5 rings (SSSR count). The van der Waals surface area contributed by atoms with Crippen LogP contribution in [0.25, 0.3) is 0 Å². The van der Waals surface area contributed by atoms with Gasteiger partial charge in [0.2, 0.25) is 11.5 Å². The quantitative estimate of drug-likeness (QED) is 0.273. The fourth-order valence-corrected chi connectivity index (χ4v) is 6.44. The SMILES string of the molecule is CC(C)CCN1/C(=C\C2=C(O)C(=C\C3=[N+](CCC(C)C)c4ccccc4C3(C)C)/C2=O)C(C)(C)c2ccccc21. The van der Waals surface area contributed by atoms with Crippen LogP contribution >= 0.6 is 0 Å². The van der Waals surface area contributed by atoms with E-state index in [9.17, 15) is 9.90 Å². The lowest BCUT2D eigenvalue weighted by Crippen LogP contribution is -2.32. The number of allylic oxidation sites excluding steroid dienone is 5. The van der Waals surface area contributed by atoms with E-state index in [-0.39, 0.29) is 22.4 Å². The molecule has 4 heteroatoms. The van der Waals surface area contributed by atoms with Crippen LogP contribution in [0.2, 0.25) is 0 Å². The fraction of sp³-hybridized carbons (Fsp3) is 0.444. The molecule has 1 N–H and O–H groups in total. The monoisotopic (exact) mass is 537 g/mol. The summed E-state index contributed by atoms with van der Waals surface area (Å²) >= 11 is 0. The van der Waals surface area contributed by atoms with Gasteiger partial charge in [-0.25, -0.2) is 0 Å². The van der Waals surface area contributed by atoms with Gasteiger partial charge in [-0.05, 0) is 49.8 Å². The average molecular weight is 538 g/mol. The van der Waals surface area contributed by atoms with Crippen molar-refractivity contribution in [3.05, 3.63) is 94.4 Å². The van der Waals surface area contributed by atoms with Gasteiger partial charge in [-0.15, -0.1) is 0 Å². The Labute approximate surface area is 240 Å². The van der Waals surface area contributed by atoms with Gasteiger partial charge in [0, 0.05) is 47.5 Å². The highest BCUT2D eigenvalue weighted by Crippen LogP contribution is 2.49. The second-order valence-electron chi connectivity index (χ2n) is 13.5. The number of aliphatic hydroxyl groups excluding tert-OH is 1. The molecule has 4 nitrogen and oxygen atoms in total. The number of hydrogen-bond acceptors (Lipinski definition) is 3. The molecule has 0 saturated carbocycles. The van der Waals surface area contributed by atoms with Crippen molar-refractivity contribution in [1.82, 2.24) is 0 Å². The molecule has 0 bridgehead atoms. The Morgan fingerprint density at radius 3 is 2.12 bits per heavy atom. The molecule has 0 amide bonds. The lowest BCUT2D eigenvalue weighted by atomic mass is 9.77. The van der Waals surface area contributed by atoms with Gasteiger partial charge in [0.05, 0.1) is 16.6 Å². The van der Waals surface area contributed by atoms with E-state index in [0.717, 1.165) is 37.3 Å². The van der Waals surface area contributed by atoms with Crippen molar-refractivity contribution in [3.63, 3.8) is 0 Å². The molecular weight excluding hydrogens is 492 g/mol. The molecule has 0 radical (unpaired) electrons. The van der Waals surface area contributed by atoms with Crippen molar-refractivity contribution in [2.75, 3.05) is 18.0 Å². The minimum atomic E-state index is -0.266. The van der Waals surface area contributed by atoms with Gasteiger partial charge in [-0.3, -0.25) is 4.79 Å². The van der Waals surface area contributed by atoms with Crippen LogP contribution in [0.5, 0.6) is 0 Å². The largest absolute Gasteiger partial charge is 0.506 e. The number of ketones is 1. The average Bonchev–Trinajstić information content (AvgIpc) is 3.26. The number of benzene rings is 2. The number of rotatable bonds is 8. The number of anilines is 1. The highest BCUT2D eigenvalue weighted by atomic mass is 16.3. The summed E-state index contributed by atoms with van der Waals surface area (Å²) in [6.07, 6.45) is 5.99. The Balaban J connectivity index is 1.57. The number of carbonyl (C=O) groups is 1. The summed E-state index contributed by atoms with van der Waals surface area (Å²) in [4.78, 5) is 16.0. The molecule has 1 aliphatic carbocycles. The summed E-state index contributed by atoms with van der Waals surface area (Å²) in [5.74, 6) is 1.16. The van der Waals surface area contributed by atoms with Crippen LogP contribution in [0.3, 0.4) is 0 Å². The van der Waals surface area contributed by atoms with Crippen LogP contribution in [0.1, 0.15) is 79.4 Å². The molecule has 2 aromatic rings.